The van der Waals surface area contributed by atoms with E-state index in [0.717, 1.165) is 25.3 Å². The Morgan fingerprint density at radius 1 is 1.16 bits per heavy atom. The first-order chi connectivity index (χ1) is 9.15. The molecule has 0 unspecified atom stereocenters. The van der Waals surface area contributed by atoms with Crippen LogP contribution in [0.2, 0.25) is 0 Å². The van der Waals surface area contributed by atoms with Crippen molar-refractivity contribution < 1.29 is 0 Å². The van der Waals surface area contributed by atoms with Crippen LogP contribution in [0.1, 0.15) is 50.8 Å². The van der Waals surface area contributed by atoms with Crippen molar-refractivity contribution in [2.45, 2.75) is 53.0 Å². The Labute approximate surface area is 118 Å². The molecule has 19 heavy (non-hydrogen) atoms. The molecule has 0 aliphatic carbocycles. The van der Waals surface area contributed by atoms with Crippen LogP contribution in [0.3, 0.4) is 0 Å². The van der Waals surface area contributed by atoms with Crippen molar-refractivity contribution in [1.29, 1.82) is 0 Å². The van der Waals surface area contributed by atoms with Gasteiger partial charge in [0.1, 0.15) is 5.82 Å². The number of aromatic nitrogens is 2. The third-order valence-electron chi connectivity index (χ3n) is 3.53. The van der Waals surface area contributed by atoms with Gasteiger partial charge in [-0.25, -0.2) is 0 Å². The van der Waals surface area contributed by atoms with E-state index in [1.54, 1.807) is 0 Å². The average Bonchev–Trinajstić information content (AvgIpc) is 2.66. The number of rotatable bonds is 9. The summed E-state index contributed by atoms with van der Waals surface area (Å²) < 4.78 is 2.05. The fourth-order valence-corrected chi connectivity index (χ4v) is 2.49. The Morgan fingerprint density at radius 3 is 2.21 bits per heavy atom. The van der Waals surface area contributed by atoms with E-state index in [4.69, 9.17) is 0 Å². The second-order valence-electron chi connectivity index (χ2n) is 5.24. The molecule has 0 saturated carbocycles. The molecule has 1 heterocycles. The van der Waals surface area contributed by atoms with E-state index >= 15 is 0 Å². The molecule has 0 fully saturated rings. The Bertz CT molecular complexity index is 362. The topological polar surface area (TPSA) is 33.1 Å². The van der Waals surface area contributed by atoms with E-state index in [1.807, 2.05) is 11.7 Å². The standard InChI is InChI=1S/C15H30N4/c1-6-8-10-19(11-9-7-2)15-14(12-16-4)13(3)17-18(15)5/h16H,6-12H2,1-5H3. The Balaban J connectivity index is 2.97. The van der Waals surface area contributed by atoms with Gasteiger partial charge < -0.3 is 10.2 Å². The highest BCUT2D eigenvalue weighted by Crippen LogP contribution is 2.24. The number of hydrogen-bond acceptors (Lipinski definition) is 3. The van der Waals surface area contributed by atoms with E-state index < -0.39 is 0 Å². The second kappa shape index (κ2) is 8.20. The first-order valence-corrected chi connectivity index (χ1v) is 7.57. The summed E-state index contributed by atoms with van der Waals surface area (Å²) in [5, 5.41) is 7.87. The quantitative estimate of drug-likeness (QED) is 0.746. The Hall–Kier alpha value is -1.03. The van der Waals surface area contributed by atoms with Crippen molar-refractivity contribution in [3.63, 3.8) is 0 Å². The van der Waals surface area contributed by atoms with Crippen LogP contribution in [-0.4, -0.2) is 29.9 Å². The second-order valence-corrected chi connectivity index (χ2v) is 5.24. The largest absolute Gasteiger partial charge is 0.357 e. The van der Waals surface area contributed by atoms with Crippen molar-refractivity contribution in [2.75, 3.05) is 25.0 Å². The lowest BCUT2D eigenvalue weighted by atomic mass is 10.2. The maximum Gasteiger partial charge on any atom is 0.131 e. The highest BCUT2D eigenvalue weighted by Gasteiger charge is 2.18. The molecule has 0 amide bonds. The van der Waals surface area contributed by atoms with Crippen molar-refractivity contribution in [3.05, 3.63) is 11.3 Å². The molecule has 0 radical (unpaired) electrons. The van der Waals surface area contributed by atoms with Crippen LogP contribution in [-0.2, 0) is 13.6 Å². The predicted octanol–water partition coefficient (Wildman–Crippen LogP) is 2.85. The zero-order valence-corrected chi connectivity index (χ0v) is 13.3. The normalized spacial score (nSPS) is 11.0. The van der Waals surface area contributed by atoms with Gasteiger partial charge in [0.15, 0.2) is 0 Å². The van der Waals surface area contributed by atoms with Gasteiger partial charge in [-0.3, -0.25) is 4.68 Å². The molecule has 110 valence electrons. The molecule has 1 N–H and O–H groups in total. The zero-order chi connectivity index (χ0) is 14.3. The summed E-state index contributed by atoms with van der Waals surface area (Å²) in [5.41, 5.74) is 2.49. The number of nitrogens with zero attached hydrogens (tertiary/aromatic N) is 3. The van der Waals surface area contributed by atoms with Crippen LogP contribution in [0, 0.1) is 6.92 Å². The summed E-state index contributed by atoms with van der Waals surface area (Å²) >= 11 is 0. The minimum absolute atomic E-state index is 0.893. The van der Waals surface area contributed by atoms with E-state index in [9.17, 15) is 0 Å². The number of unbranched alkanes of at least 4 members (excludes halogenated alkanes) is 2. The maximum atomic E-state index is 4.60. The summed E-state index contributed by atoms with van der Waals surface area (Å²) in [6, 6.07) is 0. The van der Waals surface area contributed by atoms with Crippen molar-refractivity contribution in [1.82, 2.24) is 15.1 Å². The minimum Gasteiger partial charge on any atom is -0.357 e. The Morgan fingerprint density at radius 2 is 1.74 bits per heavy atom. The van der Waals surface area contributed by atoms with Crippen molar-refractivity contribution >= 4 is 5.82 Å². The molecule has 0 aliphatic heterocycles. The molecular formula is C15H30N4. The average molecular weight is 266 g/mol. The first kappa shape index (κ1) is 16.0. The summed E-state index contributed by atoms with van der Waals surface area (Å²) in [5.74, 6) is 1.30. The van der Waals surface area contributed by atoms with Gasteiger partial charge >= 0.3 is 0 Å². The van der Waals surface area contributed by atoms with Gasteiger partial charge in [-0.15, -0.1) is 0 Å². The molecule has 1 rings (SSSR count). The van der Waals surface area contributed by atoms with Gasteiger partial charge in [0.25, 0.3) is 0 Å². The summed E-state index contributed by atoms with van der Waals surface area (Å²) in [4.78, 5) is 2.51. The van der Waals surface area contributed by atoms with Gasteiger partial charge in [0.2, 0.25) is 0 Å². The molecule has 0 bridgehead atoms. The van der Waals surface area contributed by atoms with Crippen LogP contribution in [0.25, 0.3) is 0 Å². The smallest absolute Gasteiger partial charge is 0.131 e. The molecular weight excluding hydrogens is 236 g/mol. The monoisotopic (exact) mass is 266 g/mol. The summed E-state index contributed by atoms with van der Waals surface area (Å²) in [6.07, 6.45) is 4.96. The molecule has 4 nitrogen and oxygen atoms in total. The Kier molecular flexibility index (Phi) is 6.92. The predicted molar refractivity (Wildman–Crippen MR) is 82.7 cm³/mol. The number of hydrogen-bond donors (Lipinski definition) is 1. The number of anilines is 1. The minimum atomic E-state index is 0.893. The number of aryl methyl sites for hydroxylation is 2. The third kappa shape index (κ3) is 4.23. The molecule has 0 atom stereocenters. The van der Waals surface area contributed by atoms with Crippen molar-refractivity contribution in [2.24, 2.45) is 7.05 Å². The van der Waals surface area contributed by atoms with Gasteiger partial charge in [-0.05, 0) is 26.8 Å². The van der Waals surface area contributed by atoms with Crippen LogP contribution in [0.15, 0.2) is 0 Å². The molecule has 0 aliphatic rings. The SMILES string of the molecule is CCCCN(CCCC)c1c(CNC)c(C)nn1C. The lowest BCUT2D eigenvalue weighted by Crippen LogP contribution is -2.29. The molecule has 1 aromatic rings. The van der Waals surface area contributed by atoms with Gasteiger partial charge in [0.05, 0.1) is 5.69 Å². The molecule has 1 aromatic heterocycles. The van der Waals surface area contributed by atoms with E-state index in [2.05, 4.69) is 43.1 Å². The third-order valence-corrected chi connectivity index (χ3v) is 3.53. The van der Waals surface area contributed by atoms with Crippen molar-refractivity contribution in [3.8, 4) is 0 Å². The lowest BCUT2D eigenvalue weighted by Gasteiger charge is -2.26. The maximum absolute atomic E-state index is 4.60. The summed E-state index contributed by atoms with van der Waals surface area (Å²) in [7, 11) is 4.06. The van der Waals surface area contributed by atoms with Crippen LogP contribution < -0.4 is 10.2 Å². The highest BCUT2D eigenvalue weighted by molar-refractivity contribution is 5.50. The summed E-state index contributed by atoms with van der Waals surface area (Å²) in [6.45, 7) is 9.76. The lowest BCUT2D eigenvalue weighted by molar-refractivity contribution is 0.638. The molecule has 0 saturated heterocycles. The van der Waals surface area contributed by atoms with E-state index in [0.29, 0.717) is 0 Å². The number of nitrogens with one attached hydrogen (secondary N) is 1. The highest BCUT2D eigenvalue weighted by atomic mass is 15.4. The molecule has 4 heteroatoms. The molecule has 0 aromatic carbocycles. The van der Waals surface area contributed by atoms with E-state index in [-0.39, 0.29) is 0 Å². The van der Waals surface area contributed by atoms with E-state index in [1.165, 1.54) is 37.1 Å². The molecule has 0 spiro atoms. The van der Waals surface area contributed by atoms with Gasteiger partial charge in [-0.2, -0.15) is 5.10 Å². The zero-order valence-electron chi connectivity index (χ0n) is 13.3. The van der Waals surface area contributed by atoms with Crippen LogP contribution >= 0.6 is 0 Å². The van der Waals surface area contributed by atoms with Gasteiger partial charge in [0, 0.05) is 32.2 Å². The fraction of sp³-hybridized carbons (Fsp3) is 0.800. The van der Waals surface area contributed by atoms with Gasteiger partial charge in [-0.1, -0.05) is 26.7 Å². The van der Waals surface area contributed by atoms with Crippen LogP contribution in [0.4, 0.5) is 5.82 Å². The van der Waals surface area contributed by atoms with Crippen LogP contribution in [0.5, 0.6) is 0 Å². The fourth-order valence-electron chi connectivity index (χ4n) is 2.49. The first-order valence-electron chi connectivity index (χ1n) is 7.57.